The van der Waals surface area contributed by atoms with Crippen LogP contribution in [0.5, 0.6) is 0 Å². The van der Waals surface area contributed by atoms with Gasteiger partial charge in [-0.05, 0) is 25.0 Å². The van der Waals surface area contributed by atoms with E-state index in [-0.39, 0.29) is 0 Å². The molecule has 1 aromatic heterocycles. The van der Waals surface area contributed by atoms with Gasteiger partial charge in [-0.1, -0.05) is 0 Å². The average molecular weight is 221 g/mol. The van der Waals surface area contributed by atoms with Gasteiger partial charge < -0.3 is 15.4 Å². The molecule has 2 heterocycles. The molecule has 0 amide bonds. The molecule has 88 valence electrons. The van der Waals surface area contributed by atoms with Crippen LogP contribution in [0.2, 0.25) is 0 Å². The maximum Gasteiger partial charge on any atom is 0.0552 e. The molecule has 0 radical (unpaired) electrons. The standard InChI is InChI=1S/C12H19N3O/c1-15(11-4-6-16-7-5-11)12-3-2-10(8-13)14-9-12/h2-3,9,11H,4-8,13H2,1H3. The zero-order valence-corrected chi connectivity index (χ0v) is 9.72. The van der Waals surface area contributed by atoms with Crippen LogP contribution in [0.3, 0.4) is 0 Å². The lowest BCUT2D eigenvalue weighted by atomic mass is 10.1. The number of nitrogens with zero attached hydrogens (tertiary/aromatic N) is 2. The van der Waals surface area contributed by atoms with Gasteiger partial charge in [0.25, 0.3) is 0 Å². The van der Waals surface area contributed by atoms with Crippen molar-refractivity contribution in [2.24, 2.45) is 5.73 Å². The van der Waals surface area contributed by atoms with Gasteiger partial charge in [0, 0.05) is 32.8 Å². The van der Waals surface area contributed by atoms with Crippen LogP contribution >= 0.6 is 0 Å². The first-order valence-electron chi connectivity index (χ1n) is 5.77. The van der Waals surface area contributed by atoms with Crippen molar-refractivity contribution in [3.63, 3.8) is 0 Å². The predicted molar refractivity (Wildman–Crippen MR) is 64.4 cm³/mol. The summed E-state index contributed by atoms with van der Waals surface area (Å²) in [7, 11) is 2.12. The monoisotopic (exact) mass is 221 g/mol. The van der Waals surface area contributed by atoms with Crippen LogP contribution in [0.25, 0.3) is 0 Å². The molecule has 1 saturated heterocycles. The van der Waals surface area contributed by atoms with E-state index in [9.17, 15) is 0 Å². The fourth-order valence-electron chi connectivity index (χ4n) is 2.03. The number of pyridine rings is 1. The molecule has 4 heteroatoms. The van der Waals surface area contributed by atoms with Crippen LogP contribution in [0.1, 0.15) is 18.5 Å². The van der Waals surface area contributed by atoms with E-state index in [2.05, 4.69) is 23.0 Å². The van der Waals surface area contributed by atoms with Crippen LogP contribution in [-0.4, -0.2) is 31.3 Å². The summed E-state index contributed by atoms with van der Waals surface area (Å²) in [6.07, 6.45) is 4.09. The molecular formula is C12H19N3O. The summed E-state index contributed by atoms with van der Waals surface area (Å²) in [6.45, 7) is 2.23. The lowest BCUT2D eigenvalue weighted by Gasteiger charge is -2.32. The molecule has 0 spiro atoms. The minimum Gasteiger partial charge on any atom is -0.381 e. The maximum absolute atomic E-state index is 5.53. The Morgan fingerprint density at radius 1 is 1.44 bits per heavy atom. The highest BCUT2D eigenvalue weighted by atomic mass is 16.5. The van der Waals surface area contributed by atoms with E-state index in [0.717, 1.165) is 37.4 Å². The normalized spacial score (nSPS) is 17.4. The molecule has 0 unspecified atom stereocenters. The molecule has 16 heavy (non-hydrogen) atoms. The van der Waals surface area contributed by atoms with Crippen molar-refractivity contribution < 1.29 is 4.74 Å². The SMILES string of the molecule is CN(c1ccc(CN)nc1)C1CCOCC1. The summed E-state index contributed by atoms with van der Waals surface area (Å²) in [5, 5.41) is 0. The lowest BCUT2D eigenvalue weighted by molar-refractivity contribution is 0.0855. The smallest absolute Gasteiger partial charge is 0.0552 e. The summed E-state index contributed by atoms with van der Waals surface area (Å²) in [5.74, 6) is 0. The first-order valence-corrected chi connectivity index (χ1v) is 5.77. The van der Waals surface area contributed by atoms with E-state index in [1.165, 1.54) is 0 Å². The third-order valence-electron chi connectivity index (χ3n) is 3.16. The average Bonchev–Trinajstić information content (AvgIpc) is 2.39. The Kier molecular flexibility index (Phi) is 3.74. The van der Waals surface area contributed by atoms with Gasteiger partial charge in [0.2, 0.25) is 0 Å². The van der Waals surface area contributed by atoms with Gasteiger partial charge in [-0.3, -0.25) is 4.98 Å². The number of hydrogen-bond donors (Lipinski definition) is 1. The second kappa shape index (κ2) is 5.27. The highest BCUT2D eigenvalue weighted by Crippen LogP contribution is 2.20. The van der Waals surface area contributed by atoms with Crippen molar-refractivity contribution in [2.45, 2.75) is 25.4 Å². The fraction of sp³-hybridized carbons (Fsp3) is 0.583. The van der Waals surface area contributed by atoms with Crippen molar-refractivity contribution in [3.8, 4) is 0 Å². The molecule has 0 aliphatic carbocycles. The Bertz CT molecular complexity index is 320. The van der Waals surface area contributed by atoms with Gasteiger partial charge >= 0.3 is 0 Å². The van der Waals surface area contributed by atoms with Crippen molar-refractivity contribution >= 4 is 5.69 Å². The molecule has 2 rings (SSSR count). The highest BCUT2D eigenvalue weighted by molar-refractivity contribution is 5.44. The number of anilines is 1. The molecule has 0 aromatic carbocycles. The van der Waals surface area contributed by atoms with E-state index >= 15 is 0 Å². The molecule has 1 aliphatic rings. The van der Waals surface area contributed by atoms with Gasteiger partial charge in [0.15, 0.2) is 0 Å². The van der Waals surface area contributed by atoms with Crippen molar-refractivity contribution in [1.29, 1.82) is 0 Å². The summed E-state index contributed by atoms with van der Waals surface area (Å²) in [5.41, 5.74) is 7.62. The number of aromatic nitrogens is 1. The highest BCUT2D eigenvalue weighted by Gasteiger charge is 2.18. The molecule has 0 atom stereocenters. The van der Waals surface area contributed by atoms with E-state index in [4.69, 9.17) is 10.5 Å². The second-order valence-electron chi connectivity index (χ2n) is 4.17. The molecule has 1 aromatic rings. The maximum atomic E-state index is 5.53. The van der Waals surface area contributed by atoms with Gasteiger partial charge in [-0.2, -0.15) is 0 Å². The summed E-state index contributed by atoms with van der Waals surface area (Å²) in [6, 6.07) is 4.65. The van der Waals surface area contributed by atoms with Crippen molar-refractivity contribution in [2.75, 3.05) is 25.2 Å². The summed E-state index contributed by atoms with van der Waals surface area (Å²) >= 11 is 0. The molecule has 1 aliphatic heterocycles. The summed E-state index contributed by atoms with van der Waals surface area (Å²) < 4.78 is 5.36. The van der Waals surface area contributed by atoms with Crippen LogP contribution in [0.4, 0.5) is 5.69 Å². The molecule has 0 saturated carbocycles. The molecule has 1 fully saturated rings. The molecule has 4 nitrogen and oxygen atoms in total. The van der Waals surface area contributed by atoms with Gasteiger partial charge in [-0.25, -0.2) is 0 Å². The number of nitrogens with two attached hydrogens (primary N) is 1. The Morgan fingerprint density at radius 2 is 2.19 bits per heavy atom. The number of hydrogen-bond acceptors (Lipinski definition) is 4. The van der Waals surface area contributed by atoms with Crippen molar-refractivity contribution in [1.82, 2.24) is 4.98 Å². The Balaban J connectivity index is 2.04. The van der Waals surface area contributed by atoms with E-state index in [1.807, 2.05) is 12.3 Å². The van der Waals surface area contributed by atoms with Gasteiger partial charge in [0.05, 0.1) is 17.6 Å². The zero-order chi connectivity index (χ0) is 11.4. The van der Waals surface area contributed by atoms with Crippen LogP contribution in [0.15, 0.2) is 18.3 Å². The molecule has 2 N–H and O–H groups in total. The van der Waals surface area contributed by atoms with Crippen LogP contribution in [0, 0.1) is 0 Å². The van der Waals surface area contributed by atoms with E-state index < -0.39 is 0 Å². The van der Waals surface area contributed by atoms with Crippen molar-refractivity contribution in [3.05, 3.63) is 24.0 Å². The van der Waals surface area contributed by atoms with Crippen LogP contribution < -0.4 is 10.6 Å². The molecule has 0 bridgehead atoms. The predicted octanol–water partition coefficient (Wildman–Crippen LogP) is 1.16. The third kappa shape index (κ3) is 2.51. The van der Waals surface area contributed by atoms with E-state index in [0.29, 0.717) is 12.6 Å². The second-order valence-corrected chi connectivity index (χ2v) is 4.17. The largest absolute Gasteiger partial charge is 0.381 e. The van der Waals surface area contributed by atoms with Gasteiger partial charge in [0.1, 0.15) is 0 Å². The Morgan fingerprint density at radius 3 is 2.75 bits per heavy atom. The number of ether oxygens (including phenoxy) is 1. The molecular weight excluding hydrogens is 202 g/mol. The lowest BCUT2D eigenvalue weighted by Crippen LogP contribution is -2.36. The van der Waals surface area contributed by atoms with E-state index in [1.54, 1.807) is 0 Å². The van der Waals surface area contributed by atoms with Crippen LogP contribution in [-0.2, 0) is 11.3 Å². The zero-order valence-electron chi connectivity index (χ0n) is 9.72. The summed E-state index contributed by atoms with van der Waals surface area (Å²) in [4.78, 5) is 6.60. The van der Waals surface area contributed by atoms with Gasteiger partial charge in [-0.15, -0.1) is 0 Å². The fourth-order valence-corrected chi connectivity index (χ4v) is 2.03. The Labute approximate surface area is 96.4 Å². The third-order valence-corrected chi connectivity index (χ3v) is 3.16. The topological polar surface area (TPSA) is 51.4 Å². The Hall–Kier alpha value is -1.13. The first kappa shape index (κ1) is 11.4. The quantitative estimate of drug-likeness (QED) is 0.832. The number of rotatable bonds is 3. The minimum absolute atomic E-state index is 0.501. The minimum atomic E-state index is 0.501. The first-order chi connectivity index (χ1) is 7.81.